The van der Waals surface area contributed by atoms with Crippen molar-refractivity contribution >= 4 is 11.6 Å². The molecule has 0 amide bonds. The van der Waals surface area contributed by atoms with Crippen molar-refractivity contribution in [2.24, 2.45) is 0 Å². The Kier molecular flexibility index (Phi) is 3.07. The van der Waals surface area contributed by atoms with E-state index in [9.17, 15) is 5.11 Å². The summed E-state index contributed by atoms with van der Waals surface area (Å²) in [6.45, 7) is 3.42. The van der Waals surface area contributed by atoms with E-state index in [0.29, 0.717) is 10.6 Å². The molecule has 2 nitrogen and oxygen atoms in total. The lowest BCUT2D eigenvalue weighted by atomic mass is 10.0. The first-order chi connectivity index (χ1) is 6.16. The van der Waals surface area contributed by atoms with Crippen molar-refractivity contribution in [1.82, 2.24) is 0 Å². The summed E-state index contributed by atoms with van der Waals surface area (Å²) >= 11 is 5.81. The van der Waals surface area contributed by atoms with Crippen LogP contribution in [-0.2, 0) is 0 Å². The minimum Gasteiger partial charge on any atom is -0.383 e. The molecule has 3 heteroatoms. The second-order valence-corrected chi connectivity index (χ2v) is 2.97. The van der Waals surface area contributed by atoms with Crippen LogP contribution in [0.4, 0.5) is 0 Å². The molecule has 1 rings (SSSR count). The van der Waals surface area contributed by atoms with Gasteiger partial charge in [0.2, 0.25) is 0 Å². The van der Waals surface area contributed by atoms with E-state index in [2.05, 4.69) is 6.58 Å². The van der Waals surface area contributed by atoms with Crippen molar-refractivity contribution in [3.8, 4) is 6.07 Å². The highest BCUT2D eigenvalue weighted by Gasteiger charge is 2.13. The predicted octanol–water partition coefficient (Wildman–Crippen LogP) is 2.45. The minimum absolute atomic E-state index is 0.0908. The molecule has 1 aromatic carbocycles. The number of halogens is 1. The summed E-state index contributed by atoms with van der Waals surface area (Å²) in [7, 11) is 0. The Balaban J connectivity index is 3.03. The van der Waals surface area contributed by atoms with Crippen LogP contribution in [0.25, 0.3) is 0 Å². The zero-order valence-corrected chi connectivity index (χ0v) is 7.62. The Morgan fingerprint density at radius 2 is 2.15 bits per heavy atom. The number of aliphatic hydroxyl groups is 1. The summed E-state index contributed by atoms with van der Waals surface area (Å²) in [5.41, 5.74) is 0.601. The van der Waals surface area contributed by atoms with Crippen molar-refractivity contribution in [1.29, 1.82) is 5.26 Å². The Bertz CT molecular complexity index is 367. The lowest BCUT2D eigenvalue weighted by molar-refractivity contribution is 0.221. The zero-order valence-electron chi connectivity index (χ0n) is 6.87. The van der Waals surface area contributed by atoms with Crippen molar-refractivity contribution in [2.75, 3.05) is 0 Å². The van der Waals surface area contributed by atoms with Gasteiger partial charge in [0.05, 0.1) is 11.6 Å². The van der Waals surface area contributed by atoms with E-state index < -0.39 is 6.10 Å². The lowest BCUT2D eigenvalue weighted by Gasteiger charge is -2.09. The number of hydrogen-bond acceptors (Lipinski definition) is 2. The Morgan fingerprint density at radius 3 is 2.69 bits per heavy atom. The Labute approximate surface area is 81.7 Å². The predicted molar refractivity (Wildman–Crippen MR) is 51.2 cm³/mol. The monoisotopic (exact) mass is 193 g/mol. The van der Waals surface area contributed by atoms with Crippen molar-refractivity contribution in [2.45, 2.75) is 6.10 Å². The number of hydrogen-bond donors (Lipinski definition) is 1. The molecule has 0 bridgehead atoms. The minimum atomic E-state index is -1.00. The second-order valence-electron chi connectivity index (χ2n) is 2.56. The molecule has 0 saturated carbocycles. The van der Waals surface area contributed by atoms with Crippen molar-refractivity contribution in [3.05, 3.63) is 47.0 Å². The molecule has 0 fully saturated rings. The number of rotatable bonds is 2. The van der Waals surface area contributed by atoms with Gasteiger partial charge in [-0.3, -0.25) is 0 Å². The lowest BCUT2D eigenvalue weighted by Crippen LogP contribution is -1.99. The van der Waals surface area contributed by atoms with Gasteiger partial charge in [-0.25, -0.2) is 0 Å². The van der Waals surface area contributed by atoms with Crippen LogP contribution in [0.2, 0.25) is 5.02 Å². The fourth-order valence-electron chi connectivity index (χ4n) is 0.946. The molecule has 0 unspecified atom stereocenters. The number of aliphatic hydroxyl groups excluding tert-OH is 1. The van der Waals surface area contributed by atoms with E-state index in [-0.39, 0.29) is 5.57 Å². The third-order valence-corrected chi connectivity index (χ3v) is 2.02. The molecule has 0 aliphatic rings. The first-order valence-electron chi connectivity index (χ1n) is 3.68. The molecule has 0 aromatic heterocycles. The van der Waals surface area contributed by atoms with Crippen LogP contribution in [0, 0.1) is 11.3 Å². The normalized spacial score (nSPS) is 11.8. The van der Waals surface area contributed by atoms with Crippen LogP contribution in [0.15, 0.2) is 36.4 Å². The first kappa shape index (κ1) is 9.79. The summed E-state index contributed by atoms with van der Waals surface area (Å²) in [5, 5.41) is 18.5. The van der Waals surface area contributed by atoms with Crippen LogP contribution >= 0.6 is 11.6 Å². The van der Waals surface area contributed by atoms with E-state index in [1.54, 1.807) is 30.3 Å². The van der Waals surface area contributed by atoms with Crippen LogP contribution in [-0.4, -0.2) is 5.11 Å². The van der Waals surface area contributed by atoms with Crippen LogP contribution < -0.4 is 0 Å². The van der Waals surface area contributed by atoms with Gasteiger partial charge in [-0.2, -0.15) is 5.26 Å². The van der Waals surface area contributed by atoms with E-state index in [1.807, 2.05) is 0 Å². The fraction of sp³-hybridized carbons (Fsp3) is 0.100. The highest BCUT2D eigenvalue weighted by Crippen LogP contribution is 2.26. The van der Waals surface area contributed by atoms with Crippen LogP contribution in [0.5, 0.6) is 0 Å². The summed E-state index contributed by atoms with van der Waals surface area (Å²) in [6.07, 6.45) is -1.00. The molecule has 0 saturated heterocycles. The summed E-state index contributed by atoms with van der Waals surface area (Å²) in [6, 6.07) is 8.61. The third kappa shape index (κ3) is 2.09. The molecule has 1 aromatic rings. The van der Waals surface area contributed by atoms with Gasteiger partial charge in [-0.1, -0.05) is 36.4 Å². The van der Waals surface area contributed by atoms with E-state index in [0.717, 1.165) is 0 Å². The quantitative estimate of drug-likeness (QED) is 0.734. The molecular formula is C10H8ClNO. The molecule has 0 spiro atoms. The third-order valence-electron chi connectivity index (χ3n) is 1.67. The van der Waals surface area contributed by atoms with Gasteiger partial charge >= 0.3 is 0 Å². The van der Waals surface area contributed by atoms with Gasteiger partial charge in [0.25, 0.3) is 0 Å². The molecular weight excluding hydrogens is 186 g/mol. The molecule has 0 heterocycles. The van der Waals surface area contributed by atoms with Gasteiger partial charge in [0, 0.05) is 10.6 Å². The maximum absolute atomic E-state index is 9.56. The summed E-state index contributed by atoms with van der Waals surface area (Å²) in [5.74, 6) is 0. The van der Waals surface area contributed by atoms with Crippen LogP contribution in [0.1, 0.15) is 11.7 Å². The molecule has 0 aliphatic heterocycles. The van der Waals surface area contributed by atoms with Gasteiger partial charge in [0.1, 0.15) is 6.10 Å². The molecule has 1 N–H and O–H groups in total. The number of nitriles is 1. The Hall–Kier alpha value is -1.30. The molecule has 0 aliphatic carbocycles. The highest BCUT2D eigenvalue weighted by atomic mass is 35.5. The zero-order chi connectivity index (χ0) is 9.84. The number of nitrogens with zero attached hydrogens (tertiary/aromatic N) is 1. The topological polar surface area (TPSA) is 44.0 Å². The number of benzene rings is 1. The largest absolute Gasteiger partial charge is 0.383 e. The molecule has 1 atom stereocenters. The van der Waals surface area contributed by atoms with Crippen molar-refractivity contribution < 1.29 is 5.11 Å². The van der Waals surface area contributed by atoms with Gasteiger partial charge in [0.15, 0.2) is 0 Å². The standard InChI is InChI=1S/C10H8ClNO/c1-7(6-12)10(13)8-4-2-3-5-9(8)11/h2-5,10,13H,1H2/t10-/m0/s1. The summed E-state index contributed by atoms with van der Waals surface area (Å²) < 4.78 is 0. The van der Waals surface area contributed by atoms with E-state index in [4.69, 9.17) is 16.9 Å². The van der Waals surface area contributed by atoms with E-state index >= 15 is 0 Å². The maximum atomic E-state index is 9.56. The maximum Gasteiger partial charge on any atom is 0.115 e. The second kappa shape index (κ2) is 4.08. The Morgan fingerprint density at radius 1 is 1.54 bits per heavy atom. The average molecular weight is 194 g/mol. The molecule has 0 radical (unpaired) electrons. The highest BCUT2D eigenvalue weighted by molar-refractivity contribution is 6.31. The molecule has 13 heavy (non-hydrogen) atoms. The SMILES string of the molecule is C=C(C#N)[C@H](O)c1ccccc1Cl. The summed E-state index contributed by atoms with van der Waals surface area (Å²) in [4.78, 5) is 0. The molecule has 66 valence electrons. The van der Waals surface area contributed by atoms with Gasteiger partial charge in [-0.05, 0) is 6.07 Å². The smallest absolute Gasteiger partial charge is 0.115 e. The average Bonchev–Trinajstić information content (AvgIpc) is 2.16. The van der Waals surface area contributed by atoms with Gasteiger partial charge in [-0.15, -0.1) is 0 Å². The first-order valence-corrected chi connectivity index (χ1v) is 4.06. The van der Waals surface area contributed by atoms with E-state index in [1.165, 1.54) is 0 Å². The van der Waals surface area contributed by atoms with Crippen molar-refractivity contribution in [3.63, 3.8) is 0 Å². The van der Waals surface area contributed by atoms with Gasteiger partial charge < -0.3 is 5.11 Å². The van der Waals surface area contributed by atoms with Crippen LogP contribution in [0.3, 0.4) is 0 Å². The fourth-order valence-corrected chi connectivity index (χ4v) is 1.18.